The van der Waals surface area contributed by atoms with Gasteiger partial charge in [0.15, 0.2) is 0 Å². The molecule has 0 unspecified atom stereocenters. The average Bonchev–Trinajstić information content (AvgIpc) is 3.42. The van der Waals surface area contributed by atoms with Gasteiger partial charge in [0, 0.05) is 17.7 Å². The molecule has 0 saturated heterocycles. The van der Waals surface area contributed by atoms with Crippen molar-refractivity contribution in [1.29, 1.82) is 0 Å². The maximum atomic E-state index is 11.1. The van der Waals surface area contributed by atoms with Gasteiger partial charge in [0.05, 0.1) is 22.0 Å². The van der Waals surface area contributed by atoms with Crippen molar-refractivity contribution in [3.05, 3.63) is 38.4 Å². The van der Waals surface area contributed by atoms with Crippen LogP contribution in [0, 0.1) is 20.2 Å². The molecule has 30 heavy (non-hydrogen) atoms. The molecule has 0 atom stereocenters. The van der Waals surface area contributed by atoms with Crippen molar-refractivity contribution in [2.75, 3.05) is 0 Å². The highest BCUT2D eigenvalue weighted by Gasteiger charge is 2.22. The first-order valence-electron chi connectivity index (χ1n) is 9.14. The number of rotatable bonds is 7. The summed E-state index contributed by atoms with van der Waals surface area (Å²) in [6, 6.07) is 3.51. The van der Waals surface area contributed by atoms with Crippen LogP contribution < -0.4 is 0 Å². The fraction of sp³-hybridized carbons (Fsp3) is 0.467. The summed E-state index contributed by atoms with van der Waals surface area (Å²) in [5.41, 5.74) is -0.702. The molecule has 0 aliphatic heterocycles. The Morgan fingerprint density at radius 2 is 1.70 bits per heavy atom. The standard InChI is InChI=1S/C15H16N10O4S/c26-24(27)12-6-10(7-13(8-12)25(28)29)14-16-20-22(18-14)9-30-15-17-19-21-23(15)11-4-2-1-3-5-11/h6-8,11H,1-5,9H2. The number of thioether (sulfide) groups is 1. The monoisotopic (exact) mass is 432 g/mol. The molecule has 15 heteroatoms. The number of nitrogens with zero attached hydrogens (tertiary/aromatic N) is 10. The van der Waals surface area contributed by atoms with Crippen molar-refractivity contribution in [3.8, 4) is 11.4 Å². The van der Waals surface area contributed by atoms with E-state index in [-0.39, 0.29) is 23.3 Å². The summed E-state index contributed by atoms with van der Waals surface area (Å²) in [6.07, 6.45) is 5.60. The third-order valence-corrected chi connectivity index (χ3v) is 5.61. The Bertz CT molecular complexity index is 1040. The minimum Gasteiger partial charge on any atom is -0.258 e. The summed E-state index contributed by atoms with van der Waals surface area (Å²) in [4.78, 5) is 22.0. The van der Waals surface area contributed by atoms with Crippen molar-refractivity contribution in [1.82, 2.24) is 40.4 Å². The van der Waals surface area contributed by atoms with E-state index >= 15 is 0 Å². The quantitative estimate of drug-likeness (QED) is 0.304. The molecule has 0 N–H and O–H groups in total. The molecule has 1 fully saturated rings. The zero-order valence-corrected chi connectivity index (χ0v) is 16.4. The van der Waals surface area contributed by atoms with Crippen LogP contribution >= 0.6 is 11.8 Å². The van der Waals surface area contributed by atoms with Crippen LogP contribution in [0.25, 0.3) is 11.4 Å². The van der Waals surface area contributed by atoms with E-state index in [4.69, 9.17) is 0 Å². The SMILES string of the molecule is O=[N+]([O-])c1cc(-c2nnn(CSc3nnnn3C3CCCCC3)n2)cc([N+](=O)[O-])c1. The molecular formula is C15H16N10O4S. The molecule has 1 aliphatic carbocycles. The van der Waals surface area contributed by atoms with E-state index in [0.717, 1.165) is 31.7 Å². The van der Waals surface area contributed by atoms with Gasteiger partial charge in [0.25, 0.3) is 11.4 Å². The Balaban J connectivity index is 1.50. The number of nitro benzene ring substituents is 2. The van der Waals surface area contributed by atoms with Crippen LogP contribution in [0.1, 0.15) is 38.1 Å². The van der Waals surface area contributed by atoms with Gasteiger partial charge >= 0.3 is 0 Å². The summed E-state index contributed by atoms with van der Waals surface area (Å²) >= 11 is 1.33. The highest BCUT2D eigenvalue weighted by atomic mass is 32.2. The lowest BCUT2D eigenvalue weighted by molar-refractivity contribution is -0.394. The van der Waals surface area contributed by atoms with E-state index in [9.17, 15) is 20.2 Å². The number of aromatic nitrogens is 8. The van der Waals surface area contributed by atoms with Crippen molar-refractivity contribution in [2.24, 2.45) is 0 Å². The highest BCUT2D eigenvalue weighted by Crippen LogP contribution is 2.31. The Morgan fingerprint density at radius 1 is 1.00 bits per heavy atom. The molecule has 0 bridgehead atoms. The van der Waals surface area contributed by atoms with Gasteiger partial charge in [0.2, 0.25) is 11.0 Å². The summed E-state index contributed by atoms with van der Waals surface area (Å²) in [7, 11) is 0. The zero-order valence-electron chi connectivity index (χ0n) is 15.6. The van der Waals surface area contributed by atoms with Crippen molar-refractivity contribution in [2.45, 2.75) is 49.2 Å². The molecule has 0 spiro atoms. The fourth-order valence-corrected chi connectivity index (χ4v) is 4.05. The van der Waals surface area contributed by atoms with Crippen LogP contribution in [0.5, 0.6) is 0 Å². The first-order valence-corrected chi connectivity index (χ1v) is 10.1. The van der Waals surface area contributed by atoms with Gasteiger partial charge in [-0.2, -0.15) is 4.80 Å². The molecule has 156 valence electrons. The number of tetrazole rings is 2. The van der Waals surface area contributed by atoms with E-state index in [2.05, 4.69) is 30.9 Å². The smallest absolute Gasteiger partial charge is 0.258 e. The topological polar surface area (TPSA) is 173 Å². The lowest BCUT2D eigenvalue weighted by Gasteiger charge is -2.21. The highest BCUT2D eigenvalue weighted by molar-refractivity contribution is 7.98. The first kappa shape index (κ1) is 19.8. The van der Waals surface area contributed by atoms with Gasteiger partial charge in [-0.25, -0.2) is 4.68 Å². The van der Waals surface area contributed by atoms with Gasteiger partial charge in [-0.05, 0) is 28.5 Å². The maximum absolute atomic E-state index is 11.1. The van der Waals surface area contributed by atoms with Gasteiger partial charge in [-0.3, -0.25) is 20.2 Å². The van der Waals surface area contributed by atoms with Crippen LogP contribution in [-0.2, 0) is 5.88 Å². The van der Waals surface area contributed by atoms with Crippen molar-refractivity contribution >= 4 is 23.1 Å². The van der Waals surface area contributed by atoms with Gasteiger partial charge in [-0.15, -0.1) is 15.3 Å². The Kier molecular flexibility index (Phi) is 5.60. The fourth-order valence-electron chi connectivity index (χ4n) is 3.30. The molecule has 4 rings (SSSR count). The zero-order chi connectivity index (χ0) is 21.1. The molecule has 0 amide bonds. The van der Waals surface area contributed by atoms with Crippen molar-refractivity contribution in [3.63, 3.8) is 0 Å². The minimum atomic E-state index is -0.706. The minimum absolute atomic E-state index is 0.0503. The Labute approximate surface area is 172 Å². The lowest BCUT2D eigenvalue weighted by Crippen LogP contribution is -2.15. The van der Waals surface area contributed by atoms with Crippen LogP contribution in [0.2, 0.25) is 0 Å². The number of non-ortho nitro benzene ring substituents is 2. The second kappa shape index (κ2) is 8.48. The molecule has 14 nitrogen and oxygen atoms in total. The number of hydrogen-bond donors (Lipinski definition) is 0. The molecule has 0 radical (unpaired) electrons. The van der Waals surface area contributed by atoms with E-state index in [0.29, 0.717) is 5.16 Å². The second-order valence-electron chi connectivity index (χ2n) is 6.71. The van der Waals surface area contributed by atoms with Gasteiger partial charge < -0.3 is 0 Å². The number of benzene rings is 1. The number of hydrogen-bond acceptors (Lipinski definition) is 11. The molecular weight excluding hydrogens is 416 g/mol. The molecule has 1 saturated carbocycles. The Hall–Kier alpha value is -3.49. The van der Waals surface area contributed by atoms with Crippen molar-refractivity contribution < 1.29 is 9.85 Å². The summed E-state index contributed by atoms with van der Waals surface area (Å²) in [5.74, 6) is 0.311. The summed E-state index contributed by atoms with van der Waals surface area (Å²) in [5, 5.41) is 46.6. The second-order valence-corrected chi connectivity index (χ2v) is 7.62. The van der Waals surface area contributed by atoms with E-state index in [1.807, 2.05) is 4.68 Å². The molecule has 1 aliphatic rings. The molecule has 3 aromatic rings. The largest absolute Gasteiger partial charge is 0.277 e. The molecule has 2 aromatic heterocycles. The number of nitro groups is 2. The third-order valence-electron chi connectivity index (χ3n) is 4.73. The van der Waals surface area contributed by atoms with Crippen LogP contribution in [-0.4, -0.2) is 50.3 Å². The van der Waals surface area contributed by atoms with Crippen LogP contribution in [0.3, 0.4) is 0 Å². The van der Waals surface area contributed by atoms with Crippen LogP contribution in [0.4, 0.5) is 11.4 Å². The van der Waals surface area contributed by atoms with Crippen LogP contribution in [0.15, 0.2) is 23.4 Å². The summed E-state index contributed by atoms with van der Waals surface area (Å²) in [6.45, 7) is 0. The average molecular weight is 432 g/mol. The summed E-state index contributed by atoms with van der Waals surface area (Å²) < 4.78 is 1.82. The predicted octanol–water partition coefficient (Wildman–Crippen LogP) is 2.40. The molecule has 2 heterocycles. The Morgan fingerprint density at radius 3 is 2.37 bits per heavy atom. The van der Waals surface area contributed by atoms with Gasteiger partial charge in [0.1, 0.15) is 5.88 Å². The van der Waals surface area contributed by atoms with E-state index < -0.39 is 21.2 Å². The normalized spacial score (nSPS) is 14.7. The van der Waals surface area contributed by atoms with E-state index in [1.165, 1.54) is 35.1 Å². The van der Waals surface area contributed by atoms with Gasteiger partial charge in [-0.1, -0.05) is 31.0 Å². The maximum Gasteiger partial charge on any atom is 0.277 e. The lowest BCUT2D eigenvalue weighted by atomic mass is 9.96. The first-order chi connectivity index (χ1) is 14.5. The van der Waals surface area contributed by atoms with E-state index in [1.54, 1.807) is 0 Å². The predicted molar refractivity (Wildman–Crippen MR) is 102 cm³/mol. The molecule has 1 aromatic carbocycles. The third kappa shape index (κ3) is 4.24.